The molecule has 0 N–H and O–H groups in total. The van der Waals surface area contributed by atoms with E-state index in [0.717, 1.165) is 0 Å². The molecule has 0 spiro atoms. The van der Waals surface area contributed by atoms with Gasteiger partial charge in [0.15, 0.2) is 0 Å². The third-order valence-electron chi connectivity index (χ3n) is 7.14. The van der Waals surface area contributed by atoms with Crippen molar-refractivity contribution in [3.05, 3.63) is 126 Å². The number of nitrogens with zero attached hydrogens (tertiary/aromatic N) is 2. The molecule has 0 amide bonds. The second-order valence-corrected chi connectivity index (χ2v) is 9.11. The van der Waals surface area contributed by atoms with Gasteiger partial charge in [0.1, 0.15) is 0 Å². The van der Waals surface area contributed by atoms with Crippen molar-refractivity contribution >= 4 is 33.2 Å². The third kappa shape index (κ3) is 2.67. The van der Waals surface area contributed by atoms with Crippen LogP contribution in [0, 0.1) is 6.92 Å². The van der Waals surface area contributed by atoms with Gasteiger partial charge in [-0.3, -0.25) is 0 Å². The molecule has 0 bridgehead atoms. The van der Waals surface area contributed by atoms with E-state index >= 15 is 0 Å². The number of fused-ring (bicyclic) bond motifs is 6. The van der Waals surface area contributed by atoms with Crippen molar-refractivity contribution in [3.63, 3.8) is 0 Å². The van der Waals surface area contributed by atoms with Crippen molar-refractivity contribution in [2.24, 2.45) is 0 Å². The van der Waals surface area contributed by atoms with Gasteiger partial charge in [0, 0.05) is 33.8 Å². The molecule has 2 unspecified atom stereocenters. The van der Waals surface area contributed by atoms with E-state index in [4.69, 9.17) is 0 Å². The molecule has 1 aliphatic carbocycles. The van der Waals surface area contributed by atoms with E-state index in [-0.39, 0.29) is 0 Å². The van der Waals surface area contributed by atoms with Crippen LogP contribution in [0.2, 0.25) is 0 Å². The van der Waals surface area contributed by atoms with Crippen molar-refractivity contribution in [3.8, 4) is 5.69 Å². The van der Waals surface area contributed by atoms with Crippen molar-refractivity contribution in [1.29, 1.82) is 0 Å². The second kappa shape index (κ2) is 6.98. The summed E-state index contributed by atoms with van der Waals surface area (Å²) in [5, 5.41) is 2.65. The van der Waals surface area contributed by atoms with Crippen molar-refractivity contribution in [1.82, 2.24) is 4.57 Å². The molecule has 33 heavy (non-hydrogen) atoms. The maximum Gasteiger partial charge on any atom is 0.0629 e. The van der Waals surface area contributed by atoms with Gasteiger partial charge in [0.25, 0.3) is 0 Å². The molecular formula is C31H24N2. The number of hydrogen-bond acceptors (Lipinski definition) is 1. The summed E-state index contributed by atoms with van der Waals surface area (Å²) < 4.78 is 2.42. The highest BCUT2D eigenvalue weighted by atomic mass is 15.2. The monoisotopic (exact) mass is 424 g/mol. The van der Waals surface area contributed by atoms with Gasteiger partial charge in [0.05, 0.1) is 17.1 Å². The van der Waals surface area contributed by atoms with Gasteiger partial charge in [0.2, 0.25) is 0 Å². The largest absolute Gasteiger partial charge is 0.333 e. The van der Waals surface area contributed by atoms with Crippen molar-refractivity contribution in [2.75, 3.05) is 4.90 Å². The van der Waals surface area contributed by atoms with E-state index in [9.17, 15) is 0 Å². The van der Waals surface area contributed by atoms with E-state index in [1.54, 1.807) is 0 Å². The Morgan fingerprint density at radius 1 is 0.636 bits per heavy atom. The topological polar surface area (TPSA) is 8.17 Å². The zero-order valence-electron chi connectivity index (χ0n) is 18.5. The van der Waals surface area contributed by atoms with E-state index in [0.29, 0.717) is 12.0 Å². The van der Waals surface area contributed by atoms with E-state index in [1.165, 1.54) is 50.0 Å². The van der Waals surface area contributed by atoms with Crippen molar-refractivity contribution < 1.29 is 0 Å². The molecule has 5 aromatic rings. The van der Waals surface area contributed by atoms with E-state index in [2.05, 4.69) is 132 Å². The lowest BCUT2D eigenvalue weighted by Crippen LogP contribution is -2.28. The summed E-state index contributed by atoms with van der Waals surface area (Å²) in [6.45, 7) is 2.18. The quantitative estimate of drug-likeness (QED) is 0.280. The summed E-state index contributed by atoms with van der Waals surface area (Å²) in [4.78, 5) is 2.51. The third-order valence-corrected chi connectivity index (χ3v) is 7.14. The molecule has 2 heteroatoms. The average Bonchev–Trinajstić information content (AvgIpc) is 3.35. The molecule has 2 heterocycles. The van der Waals surface area contributed by atoms with Crippen LogP contribution in [-0.4, -0.2) is 10.6 Å². The highest BCUT2D eigenvalue weighted by molar-refractivity contribution is 6.11. The Morgan fingerprint density at radius 3 is 2.12 bits per heavy atom. The maximum atomic E-state index is 2.51. The molecule has 1 aliphatic heterocycles. The molecule has 0 radical (unpaired) electrons. The van der Waals surface area contributed by atoms with Gasteiger partial charge >= 0.3 is 0 Å². The number of rotatable bonds is 2. The Labute approximate surface area is 193 Å². The molecule has 0 fully saturated rings. The Bertz CT molecular complexity index is 1570. The van der Waals surface area contributed by atoms with E-state index < -0.39 is 0 Å². The molecule has 4 aromatic carbocycles. The molecule has 2 aliphatic rings. The molecule has 2 atom stereocenters. The lowest BCUT2D eigenvalue weighted by atomic mass is 9.90. The number of benzene rings is 4. The maximum absolute atomic E-state index is 2.51. The highest BCUT2D eigenvalue weighted by Crippen LogP contribution is 2.50. The Kier molecular flexibility index (Phi) is 3.92. The number of aryl methyl sites for hydroxylation is 1. The summed E-state index contributed by atoms with van der Waals surface area (Å²) in [5.41, 5.74) is 8.95. The number of allylic oxidation sites excluding steroid dienone is 2. The Hall–Kier alpha value is -4.04. The summed E-state index contributed by atoms with van der Waals surface area (Å²) in [5.74, 6) is 0.356. The lowest BCUT2D eigenvalue weighted by Gasteiger charge is -2.28. The SMILES string of the molecule is Cc1ccc2c(c1)c1cc3c(cc1n2-c1ccccc1)N(c1ccccc1)C1C=CC=CC31. The normalized spacial score (nSPS) is 18.8. The molecule has 7 rings (SSSR count). The van der Waals surface area contributed by atoms with Crippen LogP contribution in [0.3, 0.4) is 0 Å². The Morgan fingerprint density at radius 2 is 1.33 bits per heavy atom. The first-order valence-electron chi connectivity index (χ1n) is 11.6. The molecule has 158 valence electrons. The average molecular weight is 425 g/mol. The van der Waals surface area contributed by atoms with Gasteiger partial charge in [-0.05, 0) is 61.0 Å². The van der Waals surface area contributed by atoms with Gasteiger partial charge in [-0.1, -0.05) is 72.3 Å². The zero-order valence-corrected chi connectivity index (χ0v) is 18.5. The molecule has 0 saturated carbocycles. The lowest BCUT2D eigenvalue weighted by molar-refractivity contribution is 0.745. The van der Waals surface area contributed by atoms with Crippen LogP contribution in [0.5, 0.6) is 0 Å². The predicted molar refractivity (Wildman–Crippen MR) is 139 cm³/mol. The van der Waals surface area contributed by atoms with Crippen LogP contribution in [0.25, 0.3) is 27.5 Å². The standard InChI is InChI=1S/C31H24N2/c1-21-16-17-29-25(18-21)27-19-26-24-14-8-9-15-28(24)32(22-10-4-2-5-11-22)30(26)20-31(27)33(29)23-12-6-3-7-13-23/h2-20,24,28H,1H3. The second-order valence-electron chi connectivity index (χ2n) is 9.11. The van der Waals surface area contributed by atoms with Crippen LogP contribution in [-0.2, 0) is 0 Å². The van der Waals surface area contributed by atoms with E-state index in [1.807, 2.05) is 0 Å². The molecular weight excluding hydrogens is 400 g/mol. The summed E-state index contributed by atoms with van der Waals surface area (Å²) >= 11 is 0. The summed E-state index contributed by atoms with van der Waals surface area (Å²) in [7, 11) is 0. The number of para-hydroxylation sites is 2. The van der Waals surface area contributed by atoms with Crippen LogP contribution in [0.4, 0.5) is 11.4 Å². The minimum absolute atomic E-state index is 0.303. The minimum atomic E-state index is 0.303. The van der Waals surface area contributed by atoms with Crippen LogP contribution >= 0.6 is 0 Å². The van der Waals surface area contributed by atoms with Crippen LogP contribution < -0.4 is 4.90 Å². The number of anilines is 2. The minimum Gasteiger partial charge on any atom is -0.333 e. The van der Waals surface area contributed by atoms with Crippen LogP contribution in [0.15, 0.2) is 115 Å². The Balaban J connectivity index is 1.58. The fraction of sp³-hybridized carbons (Fsp3) is 0.0968. The van der Waals surface area contributed by atoms with Crippen LogP contribution in [0.1, 0.15) is 17.0 Å². The highest BCUT2D eigenvalue weighted by Gasteiger charge is 2.38. The predicted octanol–water partition coefficient (Wildman–Crippen LogP) is 7.82. The number of hydrogen-bond donors (Lipinski definition) is 0. The molecule has 2 nitrogen and oxygen atoms in total. The molecule has 1 aromatic heterocycles. The summed E-state index contributed by atoms with van der Waals surface area (Å²) in [6, 6.07) is 33.5. The first kappa shape index (κ1) is 18.5. The first-order valence-corrected chi connectivity index (χ1v) is 11.6. The fourth-order valence-electron chi connectivity index (χ4n) is 5.71. The number of aromatic nitrogens is 1. The molecule has 0 saturated heterocycles. The van der Waals surface area contributed by atoms with Gasteiger partial charge in [-0.2, -0.15) is 0 Å². The zero-order chi connectivity index (χ0) is 21.9. The smallest absolute Gasteiger partial charge is 0.0629 e. The summed E-state index contributed by atoms with van der Waals surface area (Å²) in [6.07, 6.45) is 9.09. The van der Waals surface area contributed by atoms with Crippen molar-refractivity contribution in [2.45, 2.75) is 18.9 Å². The van der Waals surface area contributed by atoms with Gasteiger partial charge < -0.3 is 9.47 Å². The fourth-order valence-corrected chi connectivity index (χ4v) is 5.71. The van der Waals surface area contributed by atoms with Gasteiger partial charge in [-0.15, -0.1) is 0 Å². The first-order chi connectivity index (χ1) is 16.3. The van der Waals surface area contributed by atoms with Gasteiger partial charge in [-0.25, -0.2) is 0 Å².